The molecule has 5 heteroatoms. The highest BCUT2D eigenvalue weighted by atomic mass is 32.2. The SMILES string of the molecule is O=C(O)C1CSC(c2ccc(OCc3ccccc3)cc2)N1. The standard InChI is InChI=1S/C17H17NO3S/c19-17(20)15-11-22-16(18-15)13-6-8-14(9-7-13)21-10-12-4-2-1-3-5-12/h1-9,15-16,18H,10-11H2,(H,19,20). The number of benzene rings is 2. The fourth-order valence-electron chi connectivity index (χ4n) is 2.29. The number of rotatable bonds is 5. The lowest BCUT2D eigenvalue weighted by atomic mass is 10.2. The molecular formula is C17H17NO3S. The maximum Gasteiger partial charge on any atom is 0.321 e. The molecule has 1 heterocycles. The van der Waals surface area contributed by atoms with E-state index in [9.17, 15) is 4.79 Å². The van der Waals surface area contributed by atoms with Crippen molar-refractivity contribution in [3.05, 3.63) is 65.7 Å². The number of thioether (sulfide) groups is 1. The first kappa shape index (κ1) is 14.9. The minimum Gasteiger partial charge on any atom is -0.489 e. The number of ether oxygens (including phenoxy) is 1. The van der Waals surface area contributed by atoms with E-state index in [0.717, 1.165) is 16.9 Å². The Kier molecular flexibility index (Phi) is 4.65. The summed E-state index contributed by atoms with van der Waals surface area (Å²) in [6.45, 7) is 0.539. The van der Waals surface area contributed by atoms with Crippen molar-refractivity contribution in [2.75, 3.05) is 5.75 Å². The van der Waals surface area contributed by atoms with Crippen LogP contribution in [0, 0.1) is 0 Å². The van der Waals surface area contributed by atoms with Crippen molar-refractivity contribution in [2.45, 2.75) is 18.0 Å². The molecule has 1 aliphatic rings. The number of aliphatic carboxylic acids is 1. The van der Waals surface area contributed by atoms with E-state index >= 15 is 0 Å². The van der Waals surface area contributed by atoms with Crippen molar-refractivity contribution in [1.82, 2.24) is 5.32 Å². The van der Waals surface area contributed by atoms with E-state index in [1.807, 2.05) is 54.6 Å². The van der Waals surface area contributed by atoms with Crippen molar-refractivity contribution < 1.29 is 14.6 Å². The van der Waals surface area contributed by atoms with E-state index in [2.05, 4.69) is 5.32 Å². The van der Waals surface area contributed by atoms with Gasteiger partial charge in [-0.1, -0.05) is 42.5 Å². The average Bonchev–Trinajstić information content (AvgIpc) is 3.05. The molecule has 0 aromatic heterocycles. The van der Waals surface area contributed by atoms with Gasteiger partial charge in [0.05, 0.1) is 5.37 Å². The second kappa shape index (κ2) is 6.85. The molecule has 114 valence electrons. The maximum absolute atomic E-state index is 11.0. The number of carboxylic acid groups (broad SMARTS) is 1. The highest BCUT2D eigenvalue weighted by Gasteiger charge is 2.30. The van der Waals surface area contributed by atoms with Crippen LogP contribution in [0.3, 0.4) is 0 Å². The Balaban J connectivity index is 1.58. The lowest BCUT2D eigenvalue weighted by Gasteiger charge is -2.12. The van der Waals surface area contributed by atoms with E-state index in [0.29, 0.717) is 12.4 Å². The lowest BCUT2D eigenvalue weighted by molar-refractivity contribution is -0.138. The van der Waals surface area contributed by atoms with Gasteiger partial charge in [0.25, 0.3) is 0 Å². The Morgan fingerprint density at radius 3 is 2.55 bits per heavy atom. The molecule has 0 aliphatic carbocycles. The number of nitrogens with one attached hydrogen (secondary N) is 1. The summed E-state index contributed by atoms with van der Waals surface area (Å²) in [5.41, 5.74) is 2.20. The van der Waals surface area contributed by atoms with E-state index in [1.54, 1.807) is 11.8 Å². The molecule has 3 rings (SSSR count). The Labute approximate surface area is 133 Å². The molecule has 0 radical (unpaired) electrons. The van der Waals surface area contributed by atoms with Crippen LogP contribution in [0.15, 0.2) is 54.6 Å². The van der Waals surface area contributed by atoms with Gasteiger partial charge >= 0.3 is 5.97 Å². The van der Waals surface area contributed by atoms with Crippen LogP contribution < -0.4 is 10.1 Å². The fourth-order valence-corrected chi connectivity index (χ4v) is 3.52. The first-order valence-electron chi connectivity index (χ1n) is 7.09. The third kappa shape index (κ3) is 3.61. The molecule has 0 bridgehead atoms. The van der Waals surface area contributed by atoms with Gasteiger partial charge in [-0.3, -0.25) is 10.1 Å². The Bertz CT molecular complexity index is 630. The van der Waals surface area contributed by atoms with E-state index in [-0.39, 0.29) is 5.37 Å². The summed E-state index contributed by atoms with van der Waals surface area (Å²) in [4.78, 5) is 11.0. The normalized spacial score (nSPS) is 20.7. The van der Waals surface area contributed by atoms with Crippen LogP contribution in [0.1, 0.15) is 16.5 Å². The highest BCUT2D eigenvalue weighted by molar-refractivity contribution is 7.99. The van der Waals surface area contributed by atoms with Gasteiger partial charge in [0.2, 0.25) is 0 Å². The Morgan fingerprint density at radius 1 is 1.18 bits per heavy atom. The first-order chi connectivity index (χ1) is 10.7. The van der Waals surface area contributed by atoms with Crippen LogP contribution in [0.2, 0.25) is 0 Å². The molecule has 1 fully saturated rings. The Hall–Kier alpha value is -1.98. The topological polar surface area (TPSA) is 58.6 Å². The zero-order chi connectivity index (χ0) is 15.4. The molecule has 2 N–H and O–H groups in total. The molecular weight excluding hydrogens is 298 g/mol. The van der Waals surface area contributed by atoms with Gasteiger partial charge in [0.15, 0.2) is 0 Å². The van der Waals surface area contributed by atoms with Crippen LogP contribution in [-0.2, 0) is 11.4 Å². The van der Waals surface area contributed by atoms with Gasteiger partial charge in [0, 0.05) is 5.75 Å². The summed E-state index contributed by atoms with van der Waals surface area (Å²) in [6.07, 6.45) is 0. The summed E-state index contributed by atoms with van der Waals surface area (Å²) >= 11 is 1.62. The summed E-state index contributed by atoms with van der Waals surface area (Å²) in [5, 5.41) is 12.1. The molecule has 2 aromatic carbocycles. The van der Waals surface area contributed by atoms with Gasteiger partial charge < -0.3 is 9.84 Å². The van der Waals surface area contributed by atoms with Crippen molar-refractivity contribution in [3.8, 4) is 5.75 Å². The van der Waals surface area contributed by atoms with Crippen molar-refractivity contribution in [2.24, 2.45) is 0 Å². The minimum absolute atomic E-state index is 0.0317. The number of hydrogen-bond donors (Lipinski definition) is 2. The molecule has 2 unspecified atom stereocenters. The number of hydrogen-bond acceptors (Lipinski definition) is 4. The first-order valence-corrected chi connectivity index (χ1v) is 8.14. The third-order valence-electron chi connectivity index (χ3n) is 3.51. The maximum atomic E-state index is 11.0. The fraction of sp³-hybridized carbons (Fsp3) is 0.235. The average molecular weight is 315 g/mol. The van der Waals surface area contributed by atoms with Crippen LogP contribution in [0.4, 0.5) is 0 Å². The highest BCUT2D eigenvalue weighted by Crippen LogP contribution is 2.33. The summed E-state index contributed by atoms with van der Waals surface area (Å²) in [5.74, 6) is 0.606. The predicted molar refractivity (Wildman–Crippen MR) is 87.0 cm³/mol. The van der Waals surface area contributed by atoms with Crippen molar-refractivity contribution in [1.29, 1.82) is 0 Å². The predicted octanol–water partition coefficient (Wildman–Crippen LogP) is 3.05. The van der Waals surface area contributed by atoms with Gasteiger partial charge in [-0.25, -0.2) is 0 Å². The molecule has 2 atom stereocenters. The minimum atomic E-state index is -0.794. The molecule has 22 heavy (non-hydrogen) atoms. The second-order valence-electron chi connectivity index (χ2n) is 5.11. The zero-order valence-corrected chi connectivity index (χ0v) is 12.8. The smallest absolute Gasteiger partial charge is 0.321 e. The van der Waals surface area contributed by atoms with Gasteiger partial charge in [-0.05, 0) is 23.3 Å². The molecule has 0 spiro atoms. The van der Waals surface area contributed by atoms with E-state index < -0.39 is 12.0 Å². The van der Waals surface area contributed by atoms with E-state index in [1.165, 1.54) is 0 Å². The summed E-state index contributed by atoms with van der Waals surface area (Å²) < 4.78 is 5.75. The van der Waals surface area contributed by atoms with Gasteiger partial charge in [-0.15, -0.1) is 11.8 Å². The van der Waals surface area contributed by atoms with E-state index in [4.69, 9.17) is 9.84 Å². The second-order valence-corrected chi connectivity index (χ2v) is 6.25. The van der Waals surface area contributed by atoms with Crippen LogP contribution in [0.25, 0.3) is 0 Å². The molecule has 1 saturated heterocycles. The largest absolute Gasteiger partial charge is 0.489 e. The van der Waals surface area contributed by atoms with Gasteiger partial charge in [-0.2, -0.15) is 0 Å². The Morgan fingerprint density at radius 2 is 1.91 bits per heavy atom. The number of carbonyl (C=O) groups is 1. The third-order valence-corrected chi connectivity index (χ3v) is 4.78. The van der Waals surface area contributed by atoms with Crippen LogP contribution >= 0.6 is 11.8 Å². The van der Waals surface area contributed by atoms with Gasteiger partial charge in [0.1, 0.15) is 18.4 Å². The lowest BCUT2D eigenvalue weighted by Crippen LogP contribution is -2.33. The van der Waals surface area contributed by atoms with Crippen LogP contribution in [0.5, 0.6) is 5.75 Å². The van der Waals surface area contributed by atoms with Crippen LogP contribution in [-0.4, -0.2) is 22.9 Å². The quantitative estimate of drug-likeness (QED) is 0.888. The molecule has 1 aliphatic heterocycles. The molecule has 0 amide bonds. The van der Waals surface area contributed by atoms with Crippen molar-refractivity contribution >= 4 is 17.7 Å². The van der Waals surface area contributed by atoms with Crippen molar-refractivity contribution in [3.63, 3.8) is 0 Å². The molecule has 2 aromatic rings. The summed E-state index contributed by atoms with van der Waals surface area (Å²) in [6, 6.07) is 17.4. The zero-order valence-electron chi connectivity index (χ0n) is 11.9. The monoisotopic (exact) mass is 315 g/mol. The molecule has 4 nitrogen and oxygen atoms in total. The summed E-state index contributed by atoms with van der Waals surface area (Å²) in [7, 11) is 0. The number of carboxylic acids is 1. The molecule has 0 saturated carbocycles.